The summed E-state index contributed by atoms with van der Waals surface area (Å²) in [5.41, 5.74) is 34.2. The first kappa shape index (κ1) is 78.9. The van der Waals surface area contributed by atoms with E-state index in [0.717, 1.165) is 90.4 Å². The molecule has 0 radical (unpaired) electrons. The summed E-state index contributed by atoms with van der Waals surface area (Å²) in [6, 6.07) is 73.6. The number of fused-ring (bicyclic) bond motifs is 2. The van der Waals surface area contributed by atoms with Gasteiger partial charge in [0.1, 0.15) is 32.5 Å². The lowest BCUT2D eigenvalue weighted by atomic mass is 9.87. The second kappa shape index (κ2) is 40.8. The average Bonchev–Trinajstić information content (AvgIpc) is 1.57. The van der Waals surface area contributed by atoms with E-state index in [9.17, 15) is 0 Å². The second-order valence-corrected chi connectivity index (χ2v) is 36.1. The van der Waals surface area contributed by atoms with Crippen LogP contribution in [0.4, 0.5) is 0 Å². The molecular formula is C114H146N7+5. The zero-order valence-electron chi connectivity index (χ0n) is 88.7. The highest BCUT2D eigenvalue weighted by atomic mass is 15.2. The Morgan fingerprint density at radius 2 is 0.711 bits per heavy atom. The molecule has 0 fully saturated rings. The molecule has 5 aromatic heterocycles. The number of pyridine rings is 3. The Balaban J connectivity index is 0.000000173. The molecule has 632 valence electrons. The summed E-state index contributed by atoms with van der Waals surface area (Å²) in [7, 11) is 10.3. The number of hydrogen-bond acceptors (Lipinski definition) is 0. The van der Waals surface area contributed by atoms with E-state index >= 15 is 0 Å². The fourth-order valence-corrected chi connectivity index (χ4v) is 16.7. The summed E-state index contributed by atoms with van der Waals surface area (Å²) in [4.78, 5) is 0. The van der Waals surface area contributed by atoms with Crippen molar-refractivity contribution in [3.63, 3.8) is 0 Å². The van der Waals surface area contributed by atoms with Crippen molar-refractivity contribution in [2.24, 2.45) is 53.0 Å². The molecule has 7 heteroatoms. The molecule has 0 saturated heterocycles. The molecule has 121 heavy (non-hydrogen) atoms. The van der Waals surface area contributed by atoms with Crippen LogP contribution in [0.25, 0.3) is 90.0 Å². The van der Waals surface area contributed by atoms with Crippen LogP contribution in [0.15, 0.2) is 231 Å². The highest BCUT2D eigenvalue weighted by Crippen LogP contribution is 2.42. The summed E-state index contributed by atoms with van der Waals surface area (Å²) >= 11 is 0. The largest absolute Gasteiger partial charge is 0.295 e. The standard InChI is InChI=1S/2C30H37N2.3C18H24N/c2*1-19(2)23-17-25(20(3)4)29(26(18-23)21(5)6)32-28-16-12-11-15-27(28)31(8)30(32)24-14-10-9-13-22(24)7;2*1-13(2)10-16-7-9-18(19(5)12-16)17-8-6-14(3)11-15(17)4;1-13(2)10-16-12-19(5)18(11-15(16)4)17-9-7-6-8-14(17)3/h2*9-21H,1-8H3;3*6-9,11-13H,10H2,1-5H3/q5*+1/i19D,20D,21D;;3D3,10D2;;10D2. The average molecular weight is 1620 g/mol. The Morgan fingerprint density at radius 3 is 1.12 bits per heavy atom. The van der Waals surface area contributed by atoms with Crippen LogP contribution in [0.2, 0.25) is 0 Å². The maximum atomic E-state index is 9.16. The number of benzene rings is 9. The van der Waals surface area contributed by atoms with Crippen molar-refractivity contribution in [1.29, 1.82) is 0 Å². The second-order valence-electron chi connectivity index (χ2n) is 36.1. The molecule has 0 saturated carbocycles. The topological polar surface area (TPSA) is 29.3 Å². The smallest absolute Gasteiger partial charge is 0.225 e. The first-order valence-electron chi connectivity index (χ1n) is 48.7. The van der Waals surface area contributed by atoms with E-state index in [1.165, 1.54) is 89.4 Å². The third-order valence-electron chi connectivity index (χ3n) is 23.0. The first-order chi connectivity index (χ1) is 61.0. The first-order valence-corrected chi connectivity index (χ1v) is 43.7. The van der Waals surface area contributed by atoms with Gasteiger partial charge in [-0.1, -0.05) is 263 Å². The van der Waals surface area contributed by atoms with E-state index in [0.29, 0.717) is 34.8 Å². The fourth-order valence-electron chi connectivity index (χ4n) is 16.7. The maximum Gasteiger partial charge on any atom is 0.295 e. The van der Waals surface area contributed by atoms with Gasteiger partial charge >= 0.3 is 0 Å². The summed E-state index contributed by atoms with van der Waals surface area (Å²) in [5, 5.41) is 0. The zero-order valence-corrected chi connectivity index (χ0v) is 78.7. The Morgan fingerprint density at radius 1 is 0.322 bits per heavy atom. The van der Waals surface area contributed by atoms with Crippen molar-refractivity contribution in [3.05, 3.63) is 325 Å². The third kappa shape index (κ3) is 21.8. The van der Waals surface area contributed by atoms with Crippen molar-refractivity contribution in [2.75, 3.05) is 0 Å². The molecule has 14 aromatic rings. The predicted molar refractivity (Wildman–Crippen MR) is 517 cm³/mol. The molecule has 14 rings (SSSR count). The van der Waals surface area contributed by atoms with E-state index in [1.807, 2.05) is 179 Å². The highest BCUT2D eigenvalue weighted by molar-refractivity contribution is 5.83. The van der Waals surface area contributed by atoms with Crippen LogP contribution in [0.5, 0.6) is 0 Å². The van der Waals surface area contributed by atoms with E-state index in [4.69, 9.17) is 13.7 Å². The van der Waals surface area contributed by atoms with Crippen molar-refractivity contribution < 1.29 is 36.5 Å². The molecular weight excluding hydrogens is 1470 g/mol. The number of aryl methyl sites for hydroxylation is 13. The van der Waals surface area contributed by atoms with Gasteiger partial charge in [-0.2, -0.15) is 9.13 Å². The molecule has 0 atom stereocenters. The molecule has 5 heterocycles. The fraction of sp³-hybridized carbons (Fsp3) is 0.377. The lowest BCUT2D eigenvalue weighted by Gasteiger charge is -2.21. The summed E-state index contributed by atoms with van der Waals surface area (Å²) in [6.45, 7) is 49.9. The minimum atomic E-state index is -2.11. The van der Waals surface area contributed by atoms with Crippen molar-refractivity contribution in [2.45, 2.75) is 235 Å². The zero-order chi connectivity index (χ0) is 97.1. The monoisotopic (exact) mass is 1620 g/mol. The maximum absolute atomic E-state index is 9.16. The number of aromatic nitrogens is 7. The van der Waals surface area contributed by atoms with Gasteiger partial charge in [0.2, 0.25) is 17.1 Å². The Kier molecular flexibility index (Phi) is 26.6. The van der Waals surface area contributed by atoms with E-state index < -0.39 is 37.3 Å². The summed E-state index contributed by atoms with van der Waals surface area (Å²) in [5.74, 6) is 1.41. The van der Waals surface area contributed by atoms with Crippen LogP contribution in [-0.4, -0.2) is 9.13 Å². The van der Waals surface area contributed by atoms with Crippen LogP contribution in [0.3, 0.4) is 0 Å². The van der Waals surface area contributed by atoms with E-state index in [2.05, 4.69) is 280 Å². The number of imidazole rings is 2. The molecule has 0 aliphatic carbocycles. The number of rotatable bonds is 19. The van der Waals surface area contributed by atoms with Gasteiger partial charge in [-0.25, -0.2) is 22.8 Å². The predicted octanol–water partition coefficient (Wildman–Crippen LogP) is 27.6. The lowest BCUT2D eigenvalue weighted by molar-refractivity contribution is -0.661. The lowest BCUT2D eigenvalue weighted by Crippen LogP contribution is -2.32. The van der Waals surface area contributed by atoms with Crippen LogP contribution in [0.1, 0.15) is 268 Å². The van der Waals surface area contributed by atoms with Gasteiger partial charge in [-0.3, -0.25) is 0 Å². The molecule has 0 amide bonds. The Bertz CT molecular complexity index is 6360. The minimum absolute atomic E-state index is 0.0551. The minimum Gasteiger partial charge on any atom is -0.225 e. The van der Waals surface area contributed by atoms with E-state index in [-0.39, 0.29) is 11.8 Å². The van der Waals surface area contributed by atoms with Crippen molar-refractivity contribution in [3.8, 4) is 67.9 Å². The molecule has 0 aliphatic heterocycles. The van der Waals surface area contributed by atoms with Gasteiger partial charge in [-0.05, 0) is 239 Å². The van der Waals surface area contributed by atoms with Gasteiger partial charge < -0.3 is 0 Å². The van der Waals surface area contributed by atoms with Gasteiger partial charge in [0, 0.05) is 87.5 Å². The van der Waals surface area contributed by atoms with Gasteiger partial charge in [0.15, 0.2) is 40.7 Å². The van der Waals surface area contributed by atoms with Gasteiger partial charge in [0.25, 0.3) is 11.6 Å². The van der Waals surface area contributed by atoms with Crippen LogP contribution < -0.4 is 22.8 Å². The van der Waals surface area contributed by atoms with E-state index in [1.54, 1.807) is 12.1 Å². The number of hydrogen-bond donors (Lipinski definition) is 0. The quantitative estimate of drug-likeness (QED) is 0.0722. The normalized spacial score (nSPS) is 13.4. The molecule has 0 bridgehead atoms. The molecule has 9 aromatic carbocycles. The van der Waals surface area contributed by atoms with Crippen LogP contribution in [-0.2, 0) is 54.4 Å². The Hall–Kier alpha value is -10.6. The van der Waals surface area contributed by atoms with Crippen molar-refractivity contribution >= 4 is 22.1 Å². The molecule has 0 unspecified atom stereocenters. The molecule has 0 aliphatic rings. The Labute approximate surface area is 744 Å². The van der Waals surface area contributed by atoms with Gasteiger partial charge in [0.05, 0.1) is 25.2 Å². The summed E-state index contributed by atoms with van der Waals surface area (Å²) in [6.07, 6.45) is 4.45. The SMILES string of the molecule is Cc1ccc(-c2ccc(CC(C)C)c[n+]2C)c(C)c1.Cc1ccccc1-c1n(-c2c(C(C)C)cc(C(C)C)cc2C(C)C)c2ccccc2[n+]1C.[2H]C(C)(C)c1cc(C([2H])(C)C)c(-n2c(-c3ccccc3C)[n+](C)c3ccccc32)c(C([2H])(C)C)c1.[2H]C([2H])([2H])c1ccc(-c2ccc(C([2H])([2H])C(C)C)c[n+]2C)c(C)c1.[2H]C([2H])(c1c[n+](C)c(-c2ccccc2C)cc1C)C(C)C. The summed E-state index contributed by atoms with van der Waals surface area (Å²) < 4.78 is 98.2. The van der Waals surface area contributed by atoms with Crippen molar-refractivity contribution in [1.82, 2.24) is 9.13 Å². The van der Waals surface area contributed by atoms with Crippen LogP contribution >= 0.6 is 0 Å². The third-order valence-corrected chi connectivity index (χ3v) is 23.0. The number of para-hydroxylation sites is 4. The molecule has 0 N–H and O–H groups in total. The molecule has 0 spiro atoms. The van der Waals surface area contributed by atoms with Crippen LogP contribution in [0, 0.1) is 73.1 Å². The number of nitrogens with zero attached hydrogens (tertiary/aromatic N) is 7. The highest BCUT2D eigenvalue weighted by Gasteiger charge is 2.35. The molecule has 7 nitrogen and oxygen atoms in total. The van der Waals surface area contributed by atoms with Gasteiger partial charge in [-0.15, -0.1) is 0 Å².